The number of hydrogen-bond donors (Lipinski definition) is 1. The van der Waals surface area contributed by atoms with Crippen molar-refractivity contribution in [3.05, 3.63) is 54.0 Å². The van der Waals surface area contributed by atoms with Crippen LogP contribution in [-0.4, -0.2) is 35.0 Å². The molecule has 0 spiro atoms. The predicted octanol–water partition coefficient (Wildman–Crippen LogP) is 3.62. The van der Waals surface area contributed by atoms with E-state index in [9.17, 15) is 9.59 Å². The molecule has 3 aromatic rings. The van der Waals surface area contributed by atoms with Crippen LogP contribution in [0.15, 0.2) is 51.4 Å². The van der Waals surface area contributed by atoms with E-state index in [0.717, 1.165) is 11.0 Å². The Balaban J connectivity index is 1.30. The number of likely N-dealkylation sites (tertiary alicyclic amines) is 1. The minimum atomic E-state index is -0.139. The normalized spacial score (nSPS) is 15.4. The Morgan fingerprint density at radius 1 is 1.21 bits per heavy atom. The molecule has 4 rings (SSSR count). The summed E-state index contributed by atoms with van der Waals surface area (Å²) in [7, 11) is 0. The molecule has 0 atom stereocenters. The number of para-hydroxylation sites is 1. The van der Waals surface area contributed by atoms with Gasteiger partial charge in [0, 0.05) is 36.5 Å². The molecule has 0 radical (unpaired) electrons. The van der Waals surface area contributed by atoms with Crippen LogP contribution in [0.25, 0.3) is 17.0 Å². The largest absolute Gasteiger partial charge is 0.457 e. The number of carbonyl (C=O) groups is 2. The molecule has 1 fully saturated rings. The summed E-state index contributed by atoms with van der Waals surface area (Å²) in [5.74, 6) is 1.42. The molecule has 1 aromatic carbocycles. The van der Waals surface area contributed by atoms with Gasteiger partial charge in [-0.05, 0) is 38.0 Å². The number of amides is 2. The molecule has 28 heavy (non-hydrogen) atoms. The molecular formula is C21H21N3O4. The van der Waals surface area contributed by atoms with E-state index in [-0.39, 0.29) is 17.7 Å². The maximum Gasteiger partial charge on any atom is 0.246 e. The van der Waals surface area contributed by atoms with Crippen LogP contribution in [0.5, 0.6) is 0 Å². The molecule has 2 aromatic heterocycles. The van der Waals surface area contributed by atoms with Crippen molar-refractivity contribution in [3.8, 4) is 0 Å². The van der Waals surface area contributed by atoms with Gasteiger partial charge in [0.25, 0.3) is 0 Å². The molecule has 0 bridgehead atoms. The van der Waals surface area contributed by atoms with E-state index in [1.165, 1.54) is 6.08 Å². The minimum absolute atomic E-state index is 0.0774. The molecule has 7 heteroatoms. The van der Waals surface area contributed by atoms with E-state index in [0.29, 0.717) is 43.3 Å². The Bertz CT molecular complexity index is 992. The molecule has 2 amide bonds. The molecule has 1 aliphatic heterocycles. The van der Waals surface area contributed by atoms with Crippen molar-refractivity contribution in [3.63, 3.8) is 0 Å². The second kappa shape index (κ2) is 7.72. The van der Waals surface area contributed by atoms with Gasteiger partial charge in [0.2, 0.25) is 11.8 Å². The zero-order valence-corrected chi connectivity index (χ0v) is 15.6. The Hall–Kier alpha value is -3.35. The van der Waals surface area contributed by atoms with Crippen LogP contribution in [0.4, 0.5) is 5.82 Å². The summed E-state index contributed by atoms with van der Waals surface area (Å²) in [6, 6.07) is 11.3. The number of anilines is 1. The van der Waals surface area contributed by atoms with Crippen molar-refractivity contribution in [1.82, 2.24) is 10.1 Å². The monoisotopic (exact) mass is 379 g/mol. The molecular weight excluding hydrogens is 358 g/mol. The van der Waals surface area contributed by atoms with Crippen LogP contribution in [0.3, 0.4) is 0 Å². The summed E-state index contributed by atoms with van der Waals surface area (Å²) in [5, 5.41) is 7.54. The van der Waals surface area contributed by atoms with Crippen molar-refractivity contribution < 1.29 is 18.5 Å². The van der Waals surface area contributed by atoms with Crippen molar-refractivity contribution in [2.75, 3.05) is 18.4 Å². The predicted molar refractivity (Wildman–Crippen MR) is 104 cm³/mol. The fourth-order valence-electron chi connectivity index (χ4n) is 3.36. The summed E-state index contributed by atoms with van der Waals surface area (Å²) in [4.78, 5) is 26.5. The molecule has 1 aliphatic rings. The lowest BCUT2D eigenvalue weighted by Gasteiger charge is -2.30. The van der Waals surface area contributed by atoms with Gasteiger partial charge in [-0.1, -0.05) is 23.4 Å². The molecule has 144 valence electrons. The smallest absolute Gasteiger partial charge is 0.246 e. The Kier molecular flexibility index (Phi) is 4.97. The topological polar surface area (TPSA) is 88.6 Å². The fraction of sp³-hybridized carbons (Fsp3) is 0.286. The number of carbonyl (C=O) groups excluding carboxylic acids is 2. The van der Waals surface area contributed by atoms with Crippen LogP contribution in [0.1, 0.15) is 24.4 Å². The first-order valence-electron chi connectivity index (χ1n) is 9.28. The first-order chi connectivity index (χ1) is 13.6. The van der Waals surface area contributed by atoms with Crippen LogP contribution in [0.2, 0.25) is 0 Å². The lowest BCUT2D eigenvalue weighted by atomic mass is 9.96. The number of fused-ring (bicyclic) bond motifs is 1. The number of hydrogen-bond acceptors (Lipinski definition) is 5. The van der Waals surface area contributed by atoms with Crippen LogP contribution < -0.4 is 5.32 Å². The zero-order chi connectivity index (χ0) is 19.5. The Morgan fingerprint density at radius 2 is 2.00 bits per heavy atom. The SMILES string of the molecule is Cc1cc(NC(=O)C2CCN(C(=O)/C=C/c3cc4ccccc4o3)CC2)no1. The van der Waals surface area contributed by atoms with Gasteiger partial charge in [-0.2, -0.15) is 0 Å². The third-order valence-corrected chi connectivity index (χ3v) is 4.89. The Labute approximate surface area is 162 Å². The summed E-state index contributed by atoms with van der Waals surface area (Å²) in [6.07, 6.45) is 4.45. The second-order valence-electron chi connectivity index (χ2n) is 6.93. The standard InChI is InChI=1S/C21H21N3O4/c1-14-12-19(23-28-14)22-21(26)15-8-10-24(11-9-15)20(25)7-6-17-13-16-4-2-3-5-18(16)27-17/h2-7,12-13,15H,8-11H2,1H3,(H,22,23,26)/b7-6+. The number of piperidine rings is 1. The molecule has 3 heterocycles. The van der Waals surface area contributed by atoms with E-state index >= 15 is 0 Å². The number of aryl methyl sites for hydroxylation is 1. The average Bonchev–Trinajstić information content (AvgIpc) is 3.31. The van der Waals surface area contributed by atoms with Crippen molar-refractivity contribution >= 4 is 34.7 Å². The van der Waals surface area contributed by atoms with E-state index in [1.54, 1.807) is 24.0 Å². The van der Waals surface area contributed by atoms with E-state index in [1.807, 2.05) is 30.3 Å². The molecule has 0 aliphatic carbocycles. The summed E-state index contributed by atoms with van der Waals surface area (Å²) >= 11 is 0. The number of nitrogens with one attached hydrogen (secondary N) is 1. The quantitative estimate of drug-likeness (QED) is 0.700. The van der Waals surface area contributed by atoms with Crippen molar-refractivity contribution in [2.24, 2.45) is 5.92 Å². The number of rotatable bonds is 4. The number of benzene rings is 1. The first kappa shape index (κ1) is 18.0. The van der Waals surface area contributed by atoms with Crippen LogP contribution >= 0.6 is 0 Å². The molecule has 1 saturated heterocycles. The summed E-state index contributed by atoms with van der Waals surface area (Å²) in [5.41, 5.74) is 0.795. The van der Waals surface area contributed by atoms with Gasteiger partial charge in [0.15, 0.2) is 5.82 Å². The van der Waals surface area contributed by atoms with E-state index < -0.39 is 0 Å². The summed E-state index contributed by atoms with van der Waals surface area (Å²) < 4.78 is 10.6. The van der Waals surface area contributed by atoms with Gasteiger partial charge >= 0.3 is 0 Å². The van der Waals surface area contributed by atoms with Gasteiger partial charge < -0.3 is 19.2 Å². The van der Waals surface area contributed by atoms with Crippen LogP contribution in [0, 0.1) is 12.8 Å². The highest BCUT2D eigenvalue weighted by Gasteiger charge is 2.27. The van der Waals surface area contributed by atoms with Crippen molar-refractivity contribution in [1.29, 1.82) is 0 Å². The van der Waals surface area contributed by atoms with Gasteiger partial charge in [0.05, 0.1) is 0 Å². The van der Waals surface area contributed by atoms with Gasteiger partial charge in [-0.3, -0.25) is 9.59 Å². The third kappa shape index (κ3) is 3.98. The maximum absolute atomic E-state index is 12.4. The highest BCUT2D eigenvalue weighted by Crippen LogP contribution is 2.22. The summed E-state index contributed by atoms with van der Waals surface area (Å²) in [6.45, 7) is 2.85. The van der Waals surface area contributed by atoms with Gasteiger partial charge in [-0.25, -0.2) is 0 Å². The third-order valence-electron chi connectivity index (χ3n) is 4.89. The fourth-order valence-corrected chi connectivity index (χ4v) is 3.36. The lowest BCUT2D eigenvalue weighted by Crippen LogP contribution is -2.40. The maximum atomic E-state index is 12.4. The molecule has 0 unspecified atom stereocenters. The van der Waals surface area contributed by atoms with Gasteiger partial charge in [-0.15, -0.1) is 0 Å². The average molecular weight is 379 g/mol. The highest BCUT2D eigenvalue weighted by molar-refractivity contribution is 5.93. The number of nitrogens with zero attached hydrogens (tertiary/aromatic N) is 2. The van der Waals surface area contributed by atoms with E-state index in [4.69, 9.17) is 8.94 Å². The molecule has 1 N–H and O–H groups in total. The number of aromatic nitrogens is 1. The van der Waals surface area contributed by atoms with Gasteiger partial charge in [0.1, 0.15) is 17.1 Å². The molecule has 7 nitrogen and oxygen atoms in total. The number of furan rings is 1. The lowest BCUT2D eigenvalue weighted by molar-refractivity contribution is -0.130. The minimum Gasteiger partial charge on any atom is -0.457 e. The highest BCUT2D eigenvalue weighted by atomic mass is 16.5. The zero-order valence-electron chi connectivity index (χ0n) is 15.6. The van der Waals surface area contributed by atoms with Crippen molar-refractivity contribution in [2.45, 2.75) is 19.8 Å². The van der Waals surface area contributed by atoms with Crippen LogP contribution in [-0.2, 0) is 9.59 Å². The Morgan fingerprint density at radius 3 is 2.71 bits per heavy atom. The van der Waals surface area contributed by atoms with E-state index in [2.05, 4.69) is 10.5 Å². The molecule has 0 saturated carbocycles. The first-order valence-corrected chi connectivity index (χ1v) is 9.28. The second-order valence-corrected chi connectivity index (χ2v) is 6.93.